The molecule has 0 unspecified atom stereocenters. The first kappa shape index (κ1) is 12.3. The summed E-state index contributed by atoms with van der Waals surface area (Å²) in [5.74, 6) is 0.503. The number of rotatable bonds is 4. The SMILES string of the molecule is COc1cc(CCN)c(F)c(Br)c1OC. The largest absolute Gasteiger partial charge is 0.493 e. The lowest BCUT2D eigenvalue weighted by Crippen LogP contribution is -2.06. The Morgan fingerprint density at radius 1 is 1.40 bits per heavy atom. The van der Waals surface area contributed by atoms with Crippen molar-refractivity contribution in [3.05, 3.63) is 21.9 Å². The summed E-state index contributed by atoms with van der Waals surface area (Å²) < 4.78 is 24.1. The zero-order chi connectivity index (χ0) is 11.4. The molecular weight excluding hydrogens is 265 g/mol. The molecule has 0 radical (unpaired) electrons. The summed E-state index contributed by atoms with van der Waals surface area (Å²) in [7, 11) is 2.97. The molecule has 15 heavy (non-hydrogen) atoms. The number of halogens is 2. The van der Waals surface area contributed by atoms with Crippen molar-refractivity contribution in [2.24, 2.45) is 5.73 Å². The van der Waals surface area contributed by atoms with Gasteiger partial charge in [-0.2, -0.15) is 0 Å². The Labute approximate surface area is 96.5 Å². The highest BCUT2D eigenvalue weighted by atomic mass is 79.9. The minimum absolute atomic E-state index is 0.271. The van der Waals surface area contributed by atoms with E-state index in [2.05, 4.69) is 15.9 Å². The van der Waals surface area contributed by atoms with Gasteiger partial charge in [-0.15, -0.1) is 0 Å². The van der Waals surface area contributed by atoms with Crippen molar-refractivity contribution in [2.75, 3.05) is 20.8 Å². The quantitative estimate of drug-likeness (QED) is 0.917. The molecule has 0 amide bonds. The molecule has 1 aromatic carbocycles. The fourth-order valence-corrected chi connectivity index (χ4v) is 1.93. The van der Waals surface area contributed by atoms with Gasteiger partial charge in [0.05, 0.1) is 18.7 Å². The Hall–Kier alpha value is -0.810. The maximum absolute atomic E-state index is 13.7. The first-order valence-electron chi connectivity index (χ1n) is 4.44. The molecule has 1 rings (SSSR count). The Kier molecular flexibility index (Phi) is 4.35. The summed E-state index contributed by atoms with van der Waals surface area (Å²) in [4.78, 5) is 0. The zero-order valence-corrected chi connectivity index (χ0v) is 10.2. The minimum Gasteiger partial charge on any atom is -0.493 e. The van der Waals surface area contributed by atoms with Gasteiger partial charge in [0, 0.05) is 0 Å². The molecule has 0 heterocycles. The van der Waals surface area contributed by atoms with E-state index in [1.54, 1.807) is 6.07 Å². The summed E-state index contributed by atoms with van der Waals surface area (Å²) in [6, 6.07) is 1.60. The van der Waals surface area contributed by atoms with Crippen molar-refractivity contribution in [1.82, 2.24) is 0 Å². The molecule has 84 valence electrons. The number of nitrogens with two attached hydrogens (primary N) is 1. The van der Waals surface area contributed by atoms with Gasteiger partial charge in [0.2, 0.25) is 0 Å². The number of methoxy groups -OCH3 is 2. The molecular formula is C10H13BrFNO2. The smallest absolute Gasteiger partial charge is 0.177 e. The molecule has 0 saturated heterocycles. The predicted molar refractivity (Wildman–Crippen MR) is 60.0 cm³/mol. The lowest BCUT2D eigenvalue weighted by molar-refractivity contribution is 0.349. The van der Waals surface area contributed by atoms with Crippen LogP contribution in [0.3, 0.4) is 0 Å². The predicted octanol–water partition coefficient (Wildman–Crippen LogP) is 2.11. The minimum atomic E-state index is -0.349. The van der Waals surface area contributed by atoms with Crippen LogP contribution in [0.15, 0.2) is 10.5 Å². The molecule has 0 atom stereocenters. The van der Waals surface area contributed by atoms with Crippen LogP contribution in [0.2, 0.25) is 0 Å². The second kappa shape index (κ2) is 5.32. The molecule has 0 aliphatic carbocycles. The van der Waals surface area contributed by atoms with Gasteiger partial charge in [-0.3, -0.25) is 0 Å². The van der Waals surface area contributed by atoms with Gasteiger partial charge in [0.25, 0.3) is 0 Å². The molecule has 0 bridgehead atoms. The van der Waals surface area contributed by atoms with E-state index in [-0.39, 0.29) is 10.3 Å². The highest BCUT2D eigenvalue weighted by Crippen LogP contribution is 2.38. The van der Waals surface area contributed by atoms with Gasteiger partial charge in [-0.05, 0) is 40.5 Å². The van der Waals surface area contributed by atoms with Gasteiger partial charge in [-0.1, -0.05) is 0 Å². The fraction of sp³-hybridized carbons (Fsp3) is 0.400. The lowest BCUT2D eigenvalue weighted by atomic mass is 10.1. The molecule has 0 aromatic heterocycles. The second-order valence-electron chi connectivity index (χ2n) is 2.94. The Morgan fingerprint density at radius 3 is 2.53 bits per heavy atom. The number of ether oxygens (including phenoxy) is 2. The Morgan fingerprint density at radius 2 is 2.07 bits per heavy atom. The molecule has 1 aromatic rings. The van der Waals surface area contributed by atoms with Gasteiger partial charge >= 0.3 is 0 Å². The first-order chi connectivity index (χ1) is 7.15. The summed E-state index contributed by atoms with van der Waals surface area (Å²) >= 11 is 3.13. The van der Waals surface area contributed by atoms with E-state index in [9.17, 15) is 4.39 Å². The standard InChI is InChI=1S/C10H13BrFNO2/c1-14-7-5-6(3-4-13)9(12)8(11)10(7)15-2/h5H,3-4,13H2,1-2H3. The van der Waals surface area contributed by atoms with Gasteiger partial charge in [0.1, 0.15) is 5.82 Å². The molecule has 0 aliphatic heterocycles. The third kappa shape index (κ3) is 2.41. The summed E-state index contributed by atoms with van der Waals surface area (Å²) in [5.41, 5.74) is 5.90. The fourth-order valence-electron chi connectivity index (χ4n) is 1.32. The van der Waals surface area contributed by atoms with Crippen LogP contribution in [0.5, 0.6) is 11.5 Å². The van der Waals surface area contributed by atoms with Crippen molar-refractivity contribution < 1.29 is 13.9 Å². The van der Waals surface area contributed by atoms with Crippen molar-refractivity contribution >= 4 is 15.9 Å². The zero-order valence-electron chi connectivity index (χ0n) is 8.64. The topological polar surface area (TPSA) is 44.5 Å². The van der Waals surface area contributed by atoms with Crippen molar-refractivity contribution in [3.63, 3.8) is 0 Å². The first-order valence-corrected chi connectivity index (χ1v) is 5.23. The van der Waals surface area contributed by atoms with Gasteiger partial charge < -0.3 is 15.2 Å². The molecule has 0 aliphatic rings. The average molecular weight is 278 g/mol. The maximum atomic E-state index is 13.7. The third-order valence-corrected chi connectivity index (χ3v) is 2.75. The van der Waals surface area contributed by atoms with E-state index in [0.717, 1.165) is 0 Å². The van der Waals surface area contributed by atoms with E-state index in [1.165, 1.54) is 14.2 Å². The Balaban J connectivity index is 3.29. The van der Waals surface area contributed by atoms with Crippen LogP contribution < -0.4 is 15.2 Å². The normalized spacial score (nSPS) is 10.2. The van der Waals surface area contributed by atoms with Gasteiger partial charge in [-0.25, -0.2) is 4.39 Å². The number of benzene rings is 1. The van der Waals surface area contributed by atoms with Crippen LogP contribution in [0.25, 0.3) is 0 Å². The molecule has 5 heteroatoms. The highest BCUT2D eigenvalue weighted by Gasteiger charge is 2.17. The number of hydrogen-bond acceptors (Lipinski definition) is 3. The molecule has 0 saturated carbocycles. The van der Waals surface area contributed by atoms with E-state index in [4.69, 9.17) is 15.2 Å². The summed E-state index contributed by atoms with van der Waals surface area (Å²) in [5, 5.41) is 0. The number of hydrogen-bond donors (Lipinski definition) is 1. The molecule has 0 spiro atoms. The molecule has 3 nitrogen and oxygen atoms in total. The van der Waals surface area contributed by atoms with E-state index >= 15 is 0 Å². The van der Waals surface area contributed by atoms with Crippen LogP contribution >= 0.6 is 15.9 Å². The average Bonchev–Trinajstić information content (AvgIpc) is 2.24. The summed E-state index contributed by atoms with van der Waals surface area (Å²) in [6.07, 6.45) is 0.463. The van der Waals surface area contributed by atoms with Crippen LogP contribution in [0.1, 0.15) is 5.56 Å². The summed E-state index contributed by atoms with van der Waals surface area (Å²) in [6.45, 7) is 0.388. The lowest BCUT2D eigenvalue weighted by Gasteiger charge is -2.13. The van der Waals surface area contributed by atoms with E-state index in [1.807, 2.05) is 0 Å². The van der Waals surface area contributed by atoms with E-state index in [0.29, 0.717) is 30.0 Å². The van der Waals surface area contributed by atoms with E-state index < -0.39 is 0 Å². The van der Waals surface area contributed by atoms with Crippen molar-refractivity contribution in [1.29, 1.82) is 0 Å². The van der Waals surface area contributed by atoms with Crippen LogP contribution in [0, 0.1) is 5.82 Å². The Bertz CT molecular complexity index is 358. The molecule has 2 N–H and O–H groups in total. The van der Waals surface area contributed by atoms with Crippen LogP contribution in [-0.4, -0.2) is 20.8 Å². The van der Waals surface area contributed by atoms with Crippen LogP contribution in [-0.2, 0) is 6.42 Å². The third-order valence-electron chi connectivity index (χ3n) is 2.04. The maximum Gasteiger partial charge on any atom is 0.177 e. The van der Waals surface area contributed by atoms with Gasteiger partial charge in [0.15, 0.2) is 11.5 Å². The highest BCUT2D eigenvalue weighted by molar-refractivity contribution is 9.10. The van der Waals surface area contributed by atoms with Crippen molar-refractivity contribution in [2.45, 2.75) is 6.42 Å². The van der Waals surface area contributed by atoms with Crippen LogP contribution in [0.4, 0.5) is 4.39 Å². The van der Waals surface area contributed by atoms with Crippen molar-refractivity contribution in [3.8, 4) is 11.5 Å². The molecule has 0 fully saturated rings. The second-order valence-corrected chi connectivity index (χ2v) is 3.73. The monoisotopic (exact) mass is 277 g/mol.